The van der Waals surface area contributed by atoms with Crippen LogP contribution in [0.3, 0.4) is 0 Å². The van der Waals surface area contributed by atoms with Gasteiger partial charge in [-0.25, -0.2) is 4.99 Å². The van der Waals surface area contributed by atoms with Crippen molar-refractivity contribution in [2.24, 2.45) is 4.99 Å². The van der Waals surface area contributed by atoms with Gasteiger partial charge in [0, 0.05) is 11.3 Å². The molecule has 0 bridgehead atoms. The molecule has 1 N–H and O–H groups in total. The lowest BCUT2D eigenvalue weighted by atomic mass is 9.93. The number of nitrogens with one attached hydrogen (secondary N) is 1. The van der Waals surface area contributed by atoms with Gasteiger partial charge in [0.1, 0.15) is 5.75 Å². The minimum Gasteiger partial charge on any atom is -0.434 e. The summed E-state index contributed by atoms with van der Waals surface area (Å²) in [6, 6.07) is 22.5. The lowest BCUT2D eigenvalue weighted by Gasteiger charge is -2.25. The van der Waals surface area contributed by atoms with E-state index in [2.05, 4.69) is 28.9 Å². The van der Waals surface area contributed by atoms with Crippen molar-refractivity contribution in [3.05, 3.63) is 127 Å². The molecule has 204 valence electrons. The number of alkyl halides is 2. The molecule has 0 saturated heterocycles. The highest BCUT2D eigenvalue weighted by Crippen LogP contribution is 2.32. The normalized spacial score (nSPS) is 15.3. The maximum absolute atomic E-state index is 13.9. The highest BCUT2D eigenvalue weighted by Gasteiger charge is 2.32. The second-order valence-corrected chi connectivity index (χ2v) is 10.6. The number of amides is 1. The molecule has 1 amide bonds. The molecule has 3 aromatic carbocycles. The molecule has 1 aliphatic heterocycles. The summed E-state index contributed by atoms with van der Waals surface area (Å²) in [4.78, 5) is 32.6. The fraction of sp³-hybridized carbons (Fsp3) is 0.194. The molecule has 1 atom stereocenters. The Balaban J connectivity index is 1.67. The van der Waals surface area contributed by atoms with Gasteiger partial charge < -0.3 is 10.1 Å². The van der Waals surface area contributed by atoms with Gasteiger partial charge in [0.05, 0.1) is 21.8 Å². The standard InChI is InChI=1S/C31H27F2N3O3S/c1-18(2)20-13-15-21(16-14-20)27-26(28(37)35-23-10-5-4-6-11-23)19(3)34-31-36(27)29(38)25(40-31)17-22-9-7-8-12-24(22)39-30(32)33/h4-18,27,30H,1-3H3,(H,35,37)/b25-17+/t27-/m0/s1. The first kappa shape index (κ1) is 27.2. The van der Waals surface area contributed by atoms with Crippen LogP contribution >= 0.6 is 11.3 Å². The number of carbonyl (C=O) groups excluding carboxylic acids is 1. The van der Waals surface area contributed by atoms with Gasteiger partial charge in [-0.2, -0.15) is 8.78 Å². The Morgan fingerprint density at radius 1 is 1.02 bits per heavy atom. The van der Waals surface area contributed by atoms with Crippen molar-refractivity contribution >= 4 is 29.0 Å². The molecule has 1 aliphatic rings. The highest BCUT2D eigenvalue weighted by atomic mass is 32.1. The van der Waals surface area contributed by atoms with Crippen molar-refractivity contribution in [2.45, 2.75) is 39.3 Å². The summed E-state index contributed by atoms with van der Waals surface area (Å²) in [6.07, 6.45) is 1.52. The minimum atomic E-state index is -3.00. The Morgan fingerprint density at radius 3 is 2.38 bits per heavy atom. The van der Waals surface area contributed by atoms with E-state index in [1.165, 1.54) is 16.7 Å². The van der Waals surface area contributed by atoms with Crippen molar-refractivity contribution < 1.29 is 18.3 Å². The van der Waals surface area contributed by atoms with Crippen LogP contribution in [0, 0.1) is 0 Å². The first-order valence-corrected chi connectivity index (χ1v) is 13.6. The second kappa shape index (κ2) is 11.4. The van der Waals surface area contributed by atoms with Crippen LogP contribution in [0.5, 0.6) is 5.75 Å². The van der Waals surface area contributed by atoms with Crippen LogP contribution in [-0.4, -0.2) is 17.1 Å². The molecule has 1 aromatic heterocycles. The SMILES string of the molecule is CC1=C(C(=O)Nc2ccccc2)[C@H](c2ccc(C(C)C)cc2)n2c(s/c(=C/c3ccccc3OC(F)F)c2=O)=N1. The predicted molar refractivity (Wildman–Crippen MR) is 152 cm³/mol. The largest absolute Gasteiger partial charge is 0.434 e. The summed E-state index contributed by atoms with van der Waals surface area (Å²) in [5.41, 5.74) is 3.29. The average Bonchev–Trinajstić information content (AvgIpc) is 3.23. The van der Waals surface area contributed by atoms with Gasteiger partial charge in [-0.05, 0) is 48.2 Å². The Labute approximate surface area is 233 Å². The van der Waals surface area contributed by atoms with E-state index in [-0.39, 0.29) is 21.7 Å². The summed E-state index contributed by atoms with van der Waals surface area (Å²) in [5, 5.41) is 2.93. The third kappa shape index (κ3) is 5.51. The first-order chi connectivity index (χ1) is 19.2. The fourth-order valence-corrected chi connectivity index (χ4v) is 5.69. The smallest absolute Gasteiger partial charge is 0.387 e. The summed E-state index contributed by atoms with van der Waals surface area (Å²) >= 11 is 1.13. The zero-order valence-electron chi connectivity index (χ0n) is 22.1. The summed E-state index contributed by atoms with van der Waals surface area (Å²) < 4.78 is 32.4. The van der Waals surface area contributed by atoms with E-state index in [9.17, 15) is 18.4 Å². The van der Waals surface area contributed by atoms with E-state index >= 15 is 0 Å². The van der Waals surface area contributed by atoms with Crippen LogP contribution in [0.1, 0.15) is 49.4 Å². The molecular formula is C31H27F2N3O3S. The molecule has 2 heterocycles. The van der Waals surface area contributed by atoms with Gasteiger partial charge in [-0.3, -0.25) is 14.2 Å². The molecule has 0 saturated carbocycles. The van der Waals surface area contributed by atoms with Crippen LogP contribution in [0.25, 0.3) is 6.08 Å². The number of anilines is 1. The monoisotopic (exact) mass is 559 g/mol. The number of allylic oxidation sites excluding steroid dienone is 1. The summed E-state index contributed by atoms with van der Waals surface area (Å²) in [5.74, 6) is -0.0942. The number of aromatic nitrogens is 1. The molecule has 9 heteroatoms. The van der Waals surface area contributed by atoms with Gasteiger partial charge >= 0.3 is 6.61 Å². The number of carbonyl (C=O) groups is 1. The highest BCUT2D eigenvalue weighted by molar-refractivity contribution is 7.07. The van der Waals surface area contributed by atoms with E-state index in [1.807, 2.05) is 42.5 Å². The van der Waals surface area contributed by atoms with E-state index in [1.54, 1.807) is 37.3 Å². The number of fused-ring (bicyclic) bond motifs is 1. The molecule has 0 radical (unpaired) electrons. The van der Waals surface area contributed by atoms with Gasteiger partial charge in [0.15, 0.2) is 4.80 Å². The third-order valence-electron chi connectivity index (χ3n) is 6.64. The third-order valence-corrected chi connectivity index (χ3v) is 7.62. The zero-order chi connectivity index (χ0) is 28.4. The molecular weight excluding hydrogens is 532 g/mol. The number of rotatable bonds is 7. The minimum absolute atomic E-state index is 0.0386. The lowest BCUT2D eigenvalue weighted by Crippen LogP contribution is -2.40. The van der Waals surface area contributed by atoms with Crippen LogP contribution < -0.4 is 24.9 Å². The second-order valence-electron chi connectivity index (χ2n) is 9.64. The number of hydrogen-bond acceptors (Lipinski definition) is 5. The maximum atomic E-state index is 13.9. The lowest BCUT2D eigenvalue weighted by molar-refractivity contribution is -0.113. The fourth-order valence-electron chi connectivity index (χ4n) is 4.65. The van der Waals surface area contributed by atoms with Crippen LogP contribution in [0.15, 0.2) is 99.9 Å². The van der Waals surface area contributed by atoms with Crippen molar-refractivity contribution in [3.63, 3.8) is 0 Å². The Morgan fingerprint density at radius 2 is 1.70 bits per heavy atom. The Kier molecular flexibility index (Phi) is 7.75. The van der Waals surface area contributed by atoms with Crippen molar-refractivity contribution in [1.29, 1.82) is 0 Å². The quantitative estimate of drug-likeness (QED) is 0.321. The number of nitrogens with zero attached hydrogens (tertiary/aromatic N) is 2. The van der Waals surface area contributed by atoms with Crippen LogP contribution in [0.4, 0.5) is 14.5 Å². The zero-order valence-corrected chi connectivity index (χ0v) is 22.9. The number of halogens is 2. The predicted octanol–water partition coefficient (Wildman–Crippen LogP) is 5.60. The number of ether oxygens (including phenoxy) is 1. The summed E-state index contributed by atoms with van der Waals surface area (Å²) in [7, 11) is 0. The topological polar surface area (TPSA) is 72.7 Å². The Bertz CT molecular complexity index is 1760. The maximum Gasteiger partial charge on any atom is 0.387 e. The molecule has 6 nitrogen and oxygen atoms in total. The van der Waals surface area contributed by atoms with Gasteiger partial charge in [0.2, 0.25) is 0 Å². The number of para-hydroxylation sites is 2. The van der Waals surface area contributed by atoms with Crippen molar-refractivity contribution in [2.75, 3.05) is 5.32 Å². The van der Waals surface area contributed by atoms with Crippen LogP contribution in [0.2, 0.25) is 0 Å². The van der Waals surface area contributed by atoms with Gasteiger partial charge in [-0.15, -0.1) is 0 Å². The number of thiazole rings is 1. The first-order valence-electron chi connectivity index (χ1n) is 12.8. The summed E-state index contributed by atoms with van der Waals surface area (Å²) in [6.45, 7) is 2.93. The van der Waals surface area contributed by atoms with E-state index in [0.29, 0.717) is 33.2 Å². The van der Waals surface area contributed by atoms with Gasteiger partial charge in [0.25, 0.3) is 11.5 Å². The van der Waals surface area contributed by atoms with E-state index in [0.717, 1.165) is 22.5 Å². The molecule has 40 heavy (non-hydrogen) atoms. The van der Waals surface area contributed by atoms with Crippen molar-refractivity contribution in [3.8, 4) is 5.75 Å². The Hall–Kier alpha value is -4.37. The van der Waals surface area contributed by atoms with E-state index < -0.39 is 12.7 Å². The molecule has 5 rings (SSSR count). The van der Waals surface area contributed by atoms with Crippen LogP contribution in [-0.2, 0) is 4.79 Å². The average molecular weight is 560 g/mol. The molecule has 0 aliphatic carbocycles. The molecule has 0 fully saturated rings. The van der Waals surface area contributed by atoms with Gasteiger partial charge in [-0.1, -0.05) is 85.8 Å². The van der Waals surface area contributed by atoms with Crippen molar-refractivity contribution in [1.82, 2.24) is 4.57 Å². The molecule has 4 aromatic rings. The molecule has 0 spiro atoms. The number of hydrogen-bond donors (Lipinski definition) is 1. The van der Waals surface area contributed by atoms with E-state index in [4.69, 9.17) is 0 Å². The molecule has 0 unspecified atom stereocenters. The number of benzene rings is 3.